The molecule has 0 aliphatic rings. The lowest BCUT2D eigenvalue weighted by atomic mass is 10.1. The fraction of sp³-hybridized carbons (Fsp3) is 0.385. The van der Waals surface area contributed by atoms with Crippen LogP contribution >= 0.6 is 7.37 Å². The maximum atomic E-state index is 12.2. The van der Waals surface area contributed by atoms with Crippen molar-refractivity contribution in [3.05, 3.63) is 35.9 Å². The summed E-state index contributed by atoms with van der Waals surface area (Å²) in [5.74, 6) is -5.31. The molecule has 0 spiro atoms. The lowest BCUT2D eigenvalue weighted by Crippen LogP contribution is -2.29. The molecule has 0 fully saturated rings. The molecule has 1 aromatic carbocycles. The summed E-state index contributed by atoms with van der Waals surface area (Å²) in [6.45, 7) is 0. The Kier molecular flexibility index (Phi) is 6.08. The van der Waals surface area contributed by atoms with Crippen molar-refractivity contribution in [2.24, 2.45) is 11.7 Å². The number of hydrogen-bond acceptors (Lipinski definition) is 4. The van der Waals surface area contributed by atoms with Crippen molar-refractivity contribution in [3.8, 4) is 0 Å². The first kappa shape index (κ1) is 17.4. The molecule has 0 aromatic heterocycles. The molecule has 0 saturated heterocycles. The molecule has 1 unspecified atom stereocenters. The highest BCUT2D eigenvalue weighted by Gasteiger charge is 2.35. The number of rotatable bonds is 8. The Morgan fingerprint density at radius 1 is 1.19 bits per heavy atom. The van der Waals surface area contributed by atoms with Crippen LogP contribution in [0, 0.1) is 5.92 Å². The predicted octanol–water partition coefficient (Wildman–Crippen LogP) is 0.960. The van der Waals surface area contributed by atoms with Crippen LogP contribution in [-0.2, 0) is 20.6 Å². The van der Waals surface area contributed by atoms with Gasteiger partial charge in [-0.3, -0.25) is 14.2 Å². The molecule has 3 atom stereocenters. The standard InChI is InChI=1S/C13H18NO6P/c14-11(6-9-4-2-1-3-5-9)21(19,20)8-10(13(17)18)7-12(15)16/h1-5,10-11H,6-8,14H2,(H,15,16)(H,17,18)(H,19,20)/t10-,11+/m0/s1. The second-order valence-electron chi connectivity index (χ2n) is 4.83. The highest BCUT2D eigenvalue weighted by Crippen LogP contribution is 2.47. The van der Waals surface area contributed by atoms with Gasteiger partial charge in [0.05, 0.1) is 18.1 Å². The van der Waals surface area contributed by atoms with Gasteiger partial charge in [-0.15, -0.1) is 0 Å². The van der Waals surface area contributed by atoms with Gasteiger partial charge in [-0.25, -0.2) is 0 Å². The number of nitrogens with two attached hydrogens (primary N) is 1. The maximum absolute atomic E-state index is 12.2. The predicted molar refractivity (Wildman–Crippen MR) is 76.2 cm³/mol. The molecule has 7 nitrogen and oxygen atoms in total. The number of carboxylic acids is 2. The van der Waals surface area contributed by atoms with Crippen LogP contribution in [0.1, 0.15) is 12.0 Å². The van der Waals surface area contributed by atoms with E-state index in [9.17, 15) is 19.0 Å². The maximum Gasteiger partial charge on any atom is 0.307 e. The minimum atomic E-state index is -3.98. The van der Waals surface area contributed by atoms with E-state index < -0.39 is 43.6 Å². The van der Waals surface area contributed by atoms with Gasteiger partial charge >= 0.3 is 11.9 Å². The number of hydrogen-bond donors (Lipinski definition) is 4. The summed E-state index contributed by atoms with van der Waals surface area (Å²) in [5.41, 5.74) is 6.46. The summed E-state index contributed by atoms with van der Waals surface area (Å²) in [4.78, 5) is 31.5. The second-order valence-corrected chi connectivity index (χ2v) is 7.37. The Labute approximate surface area is 121 Å². The van der Waals surface area contributed by atoms with Crippen LogP contribution in [0.2, 0.25) is 0 Å². The first-order valence-corrected chi connectivity index (χ1v) is 8.19. The summed E-state index contributed by atoms with van der Waals surface area (Å²) in [7, 11) is -3.98. The highest BCUT2D eigenvalue weighted by atomic mass is 31.2. The Morgan fingerprint density at radius 3 is 2.24 bits per heavy atom. The highest BCUT2D eigenvalue weighted by molar-refractivity contribution is 7.58. The monoisotopic (exact) mass is 315 g/mol. The Morgan fingerprint density at radius 2 is 1.76 bits per heavy atom. The average molecular weight is 315 g/mol. The minimum Gasteiger partial charge on any atom is -0.481 e. The molecule has 0 heterocycles. The Balaban J connectivity index is 2.76. The van der Waals surface area contributed by atoms with Crippen molar-refractivity contribution < 1.29 is 29.3 Å². The zero-order valence-electron chi connectivity index (χ0n) is 11.3. The normalized spacial score (nSPS) is 16.7. The summed E-state index contributed by atoms with van der Waals surface area (Å²) in [6, 6.07) is 8.79. The van der Waals surface area contributed by atoms with Gasteiger partial charge in [0.25, 0.3) is 0 Å². The van der Waals surface area contributed by atoms with E-state index in [0.29, 0.717) is 0 Å². The van der Waals surface area contributed by atoms with E-state index in [0.717, 1.165) is 5.56 Å². The smallest absolute Gasteiger partial charge is 0.307 e. The fourth-order valence-corrected chi connectivity index (χ4v) is 3.57. The number of carbonyl (C=O) groups is 2. The van der Waals surface area contributed by atoms with Gasteiger partial charge in [0, 0.05) is 6.16 Å². The van der Waals surface area contributed by atoms with Gasteiger partial charge in [0.1, 0.15) is 0 Å². The topological polar surface area (TPSA) is 138 Å². The van der Waals surface area contributed by atoms with Crippen molar-refractivity contribution in [2.45, 2.75) is 18.6 Å². The first-order valence-electron chi connectivity index (χ1n) is 6.28. The molecule has 0 aliphatic heterocycles. The van der Waals surface area contributed by atoms with E-state index in [-0.39, 0.29) is 6.42 Å². The van der Waals surface area contributed by atoms with Crippen LogP contribution in [0.5, 0.6) is 0 Å². The first-order chi connectivity index (χ1) is 9.72. The van der Waals surface area contributed by atoms with Gasteiger partial charge < -0.3 is 20.8 Å². The third-order valence-corrected chi connectivity index (χ3v) is 5.24. The van der Waals surface area contributed by atoms with Crippen molar-refractivity contribution in [1.82, 2.24) is 0 Å². The minimum absolute atomic E-state index is 0.119. The average Bonchev–Trinajstić information content (AvgIpc) is 2.38. The molecule has 1 aromatic rings. The largest absolute Gasteiger partial charge is 0.481 e. The van der Waals surface area contributed by atoms with Gasteiger partial charge in [0.15, 0.2) is 0 Å². The summed E-state index contributed by atoms with van der Waals surface area (Å²) >= 11 is 0. The van der Waals surface area contributed by atoms with Gasteiger partial charge in [0.2, 0.25) is 7.37 Å². The van der Waals surface area contributed by atoms with E-state index in [1.165, 1.54) is 0 Å². The van der Waals surface area contributed by atoms with E-state index in [1.54, 1.807) is 30.3 Å². The van der Waals surface area contributed by atoms with Gasteiger partial charge in [-0.05, 0) is 12.0 Å². The molecule has 8 heteroatoms. The fourth-order valence-electron chi connectivity index (χ4n) is 1.89. The van der Waals surface area contributed by atoms with Crippen LogP contribution in [0.4, 0.5) is 0 Å². The lowest BCUT2D eigenvalue weighted by molar-refractivity contribution is -0.147. The molecule has 0 amide bonds. The third-order valence-electron chi connectivity index (χ3n) is 3.06. The second kappa shape index (κ2) is 7.36. The van der Waals surface area contributed by atoms with Crippen LogP contribution in [0.15, 0.2) is 30.3 Å². The molecule has 21 heavy (non-hydrogen) atoms. The molecule has 0 bridgehead atoms. The summed E-state index contributed by atoms with van der Waals surface area (Å²) in [6.07, 6.45) is -1.24. The molecule has 5 N–H and O–H groups in total. The number of benzene rings is 1. The molecule has 116 valence electrons. The van der Waals surface area contributed by atoms with Crippen LogP contribution < -0.4 is 5.73 Å². The lowest BCUT2D eigenvalue weighted by Gasteiger charge is -2.22. The van der Waals surface area contributed by atoms with Crippen LogP contribution in [0.25, 0.3) is 0 Å². The van der Waals surface area contributed by atoms with E-state index in [1.807, 2.05) is 0 Å². The van der Waals surface area contributed by atoms with Crippen LogP contribution in [-0.4, -0.2) is 39.0 Å². The van der Waals surface area contributed by atoms with E-state index >= 15 is 0 Å². The third kappa shape index (κ3) is 5.67. The SMILES string of the molecule is N[C@@H](Cc1ccccc1)P(=O)(O)C[C@H](CC(=O)O)C(=O)O. The quantitative estimate of drug-likeness (QED) is 0.524. The number of aliphatic carboxylic acids is 2. The summed E-state index contributed by atoms with van der Waals surface area (Å²) < 4.78 is 12.2. The zero-order valence-corrected chi connectivity index (χ0v) is 12.1. The van der Waals surface area contributed by atoms with Gasteiger partial charge in [-0.2, -0.15) is 0 Å². The Hall–Kier alpha value is -1.69. The van der Waals surface area contributed by atoms with Crippen molar-refractivity contribution in [2.75, 3.05) is 6.16 Å². The zero-order chi connectivity index (χ0) is 16.0. The molecular weight excluding hydrogens is 297 g/mol. The molecule has 1 rings (SSSR count). The van der Waals surface area contributed by atoms with Crippen molar-refractivity contribution in [1.29, 1.82) is 0 Å². The molecule has 0 radical (unpaired) electrons. The number of carboxylic acid groups (broad SMARTS) is 2. The molecule has 0 aliphatic carbocycles. The van der Waals surface area contributed by atoms with Gasteiger partial charge in [-0.1, -0.05) is 30.3 Å². The molecule has 0 saturated carbocycles. The van der Waals surface area contributed by atoms with Crippen LogP contribution in [0.3, 0.4) is 0 Å². The van der Waals surface area contributed by atoms with E-state index in [2.05, 4.69) is 0 Å². The van der Waals surface area contributed by atoms with Crippen molar-refractivity contribution in [3.63, 3.8) is 0 Å². The Bertz CT molecular complexity index is 547. The molecular formula is C13H18NO6P. The van der Waals surface area contributed by atoms with E-state index in [4.69, 9.17) is 15.9 Å². The summed E-state index contributed by atoms with van der Waals surface area (Å²) in [5, 5.41) is 17.6. The van der Waals surface area contributed by atoms with Crippen molar-refractivity contribution >= 4 is 19.3 Å².